The van der Waals surface area contributed by atoms with E-state index in [9.17, 15) is 28.9 Å². The highest BCUT2D eigenvalue weighted by molar-refractivity contribution is 9.10. The molecule has 0 aromatic heterocycles. The molecule has 3 aromatic carbocycles. The summed E-state index contributed by atoms with van der Waals surface area (Å²) in [5, 5.41) is 12.7. The van der Waals surface area contributed by atoms with Gasteiger partial charge in [-0.15, -0.1) is 0 Å². The molecule has 1 N–H and O–H groups in total. The van der Waals surface area contributed by atoms with Crippen LogP contribution in [-0.4, -0.2) is 40.5 Å². The number of anilines is 1. The van der Waals surface area contributed by atoms with Gasteiger partial charge in [0.25, 0.3) is 16.8 Å². The lowest BCUT2D eigenvalue weighted by Gasteiger charge is -2.13. The first kappa shape index (κ1) is 27.8. The number of hydrogen-bond acceptors (Lipinski definition) is 8. The summed E-state index contributed by atoms with van der Waals surface area (Å²) in [6.07, 6.45) is 1.49. The molecular formula is C26H19BrFN3O7S. The molecule has 200 valence electrons. The monoisotopic (exact) mass is 615 g/mol. The van der Waals surface area contributed by atoms with Crippen LogP contribution in [0.5, 0.6) is 11.5 Å². The molecule has 0 saturated carbocycles. The number of nitro groups is 1. The lowest BCUT2D eigenvalue weighted by atomic mass is 10.1. The molecule has 0 spiro atoms. The maximum Gasteiger partial charge on any atom is 0.294 e. The number of hydrogen-bond donors (Lipinski definition) is 1. The van der Waals surface area contributed by atoms with Gasteiger partial charge in [-0.25, -0.2) is 4.39 Å². The molecule has 0 bridgehead atoms. The van der Waals surface area contributed by atoms with Crippen LogP contribution in [0.15, 0.2) is 70.0 Å². The van der Waals surface area contributed by atoms with Gasteiger partial charge in [0.1, 0.15) is 19.0 Å². The molecular weight excluding hydrogens is 597 g/mol. The van der Waals surface area contributed by atoms with E-state index in [0.717, 1.165) is 11.0 Å². The van der Waals surface area contributed by atoms with E-state index < -0.39 is 34.3 Å². The topological polar surface area (TPSA) is 128 Å². The minimum atomic E-state index is -0.651. The fourth-order valence-electron chi connectivity index (χ4n) is 3.50. The minimum Gasteiger partial charge on any atom is -0.493 e. The maximum atomic E-state index is 13.4. The highest BCUT2D eigenvalue weighted by Gasteiger charge is 2.36. The van der Waals surface area contributed by atoms with Crippen LogP contribution in [0.25, 0.3) is 6.08 Å². The lowest BCUT2D eigenvalue weighted by Crippen LogP contribution is -2.36. The standard InChI is InChI=1S/C26H19BrFN3O7S/c1-37-21-9-16(20(27)12-22(21)38-14-15-5-7-19(8-6-15)31(35)36)10-23-25(33)30(26(34)39-23)13-24(32)29-18-4-2-3-17(28)11-18/h2-12H,13-14H2,1H3,(H,29,32)/b23-10+. The number of halogens is 2. The van der Waals surface area contributed by atoms with E-state index in [4.69, 9.17) is 9.47 Å². The molecule has 3 aromatic rings. The molecule has 1 saturated heterocycles. The van der Waals surface area contributed by atoms with E-state index in [2.05, 4.69) is 21.2 Å². The number of non-ortho nitro benzene ring substituents is 1. The summed E-state index contributed by atoms with van der Waals surface area (Å²) >= 11 is 4.12. The number of carbonyl (C=O) groups is 3. The van der Waals surface area contributed by atoms with Crippen LogP contribution in [0.4, 0.5) is 20.6 Å². The molecule has 1 fully saturated rings. The first-order chi connectivity index (χ1) is 18.6. The number of methoxy groups -OCH3 is 1. The Hall–Kier alpha value is -4.23. The summed E-state index contributed by atoms with van der Waals surface area (Å²) < 4.78 is 25.1. The van der Waals surface area contributed by atoms with E-state index >= 15 is 0 Å². The second-order valence-electron chi connectivity index (χ2n) is 8.06. The molecule has 0 unspecified atom stereocenters. The van der Waals surface area contributed by atoms with Crippen molar-refractivity contribution < 1.29 is 33.2 Å². The molecule has 4 rings (SSSR count). The van der Waals surface area contributed by atoms with Gasteiger partial charge in [0.05, 0.1) is 16.9 Å². The van der Waals surface area contributed by atoms with Crippen molar-refractivity contribution in [1.29, 1.82) is 0 Å². The highest BCUT2D eigenvalue weighted by Crippen LogP contribution is 2.38. The van der Waals surface area contributed by atoms with Gasteiger partial charge in [-0.1, -0.05) is 22.0 Å². The summed E-state index contributed by atoms with van der Waals surface area (Å²) in [6, 6.07) is 14.4. The predicted octanol–water partition coefficient (Wildman–Crippen LogP) is 5.76. The van der Waals surface area contributed by atoms with Gasteiger partial charge in [0.15, 0.2) is 11.5 Å². The van der Waals surface area contributed by atoms with E-state index in [1.165, 1.54) is 43.5 Å². The van der Waals surface area contributed by atoms with Crippen molar-refractivity contribution in [1.82, 2.24) is 4.90 Å². The average Bonchev–Trinajstić information content (AvgIpc) is 3.16. The molecule has 0 atom stereocenters. The van der Waals surface area contributed by atoms with Crippen LogP contribution in [0, 0.1) is 15.9 Å². The van der Waals surface area contributed by atoms with Gasteiger partial charge in [0, 0.05) is 22.3 Å². The molecule has 13 heteroatoms. The van der Waals surface area contributed by atoms with E-state index in [-0.39, 0.29) is 22.9 Å². The first-order valence-corrected chi connectivity index (χ1v) is 12.8. The number of amides is 3. The highest BCUT2D eigenvalue weighted by atomic mass is 79.9. The fraction of sp³-hybridized carbons (Fsp3) is 0.115. The van der Waals surface area contributed by atoms with Crippen molar-refractivity contribution in [3.63, 3.8) is 0 Å². The number of rotatable bonds is 9. The number of thioether (sulfide) groups is 1. The molecule has 3 amide bonds. The first-order valence-electron chi connectivity index (χ1n) is 11.2. The third kappa shape index (κ3) is 6.81. The van der Waals surface area contributed by atoms with E-state index in [1.54, 1.807) is 24.3 Å². The quantitative estimate of drug-likeness (QED) is 0.183. The third-order valence-electron chi connectivity index (χ3n) is 5.39. The van der Waals surface area contributed by atoms with Crippen LogP contribution < -0.4 is 14.8 Å². The number of nitro benzene ring substituents is 1. The van der Waals surface area contributed by atoms with Crippen molar-refractivity contribution >= 4 is 62.2 Å². The van der Waals surface area contributed by atoms with Crippen molar-refractivity contribution in [2.75, 3.05) is 19.0 Å². The Balaban J connectivity index is 1.46. The number of ether oxygens (including phenoxy) is 2. The molecule has 39 heavy (non-hydrogen) atoms. The predicted molar refractivity (Wildman–Crippen MR) is 146 cm³/mol. The Bertz CT molecular complexity index is 1500. The second-order valence-corrected chi connectivity index (χ2v) is 9.91. The second kappa shape index (κ2) is 12.1. The van der Waals surface area contributed by atoms with Gasteiger partial charge >= 0.3 is 0 Å². The summed E-state index contributed by atoms with van der Waals surface area (Å²) in [7, 11) is 1.44. The summed E-state index contributed by atoms with van der Waals surface area (Å²) in [6.45, 7) is -0.408. The Morgan fingerprint density at radius 1 is 1.15 bits per heavy atom. The van der Waals surface area contributed by atoms with E-state index in [1.807, 2.05) is 0 Å². The van der Waals surface area contributed by atoms with Gasteiger partial charge in [0.2, 0.25) is 5.91 Å². The number of benzene rings is 3. The van der Waals surface area contributed by atoms with Crippen LogP contribution in [-0.2, 0) is 16.2 Å². The molecule has 10 nitrogen and oxygen atoms in total. The Morgan fingerprint density at radius 3 is 2.56 bits per heavy atom. The van der Waals surface area contributed by atoms with Gasteiger partial charge in [-0.2, -0.15) is 0 Å². The average molecular weight is 616 g/mol. The zero-order valence-electron chi connectivity index (χ0n) is 20.2. The molecule has 1 heterocycles. The molecule has 1 aliphatic rings. The van der Waals surface area contributed by atoms with Crippen LogP contribution >= 0.6 is 27.7 Å². The van der Waals surface area contributed by atoms with Gasteiger partial charge < -0.3 is 14.8 Å². The smallest absolute Gasteiger partial charge is 0.294 e. The zero-order valence-corrected chi connectivity index (χ0v) is 22.6. The van der Waals surface area contributed by atoms with Crippen molar-refractivity contribution in [3.05, 3.63) is 97.1 Å². The zero-order chi connectivity index (χ0) is 28.1. The SMILES string of the molecule is COc1cc(/C=C2/SC(=O)N(CC(=O)Nc3cccc(F)c3)C2=O)c(Br)cc1OCc1ccc([N+](=O)[O-])cc1. The Labute approximate surface area is 234 Å². The summed E-state index contributed by atoms with van der Waals surface area (Å²) in [5.41, 5.74) is 1.40. The number of nitrogens with one attached hydrogen (secondary N) is 1. The molecule has 1 aliphatic heterocycles. The summed E-state index contributed by atoms with van der Waals surface area (Å²) in [4.78, 5) is 48.9. The molecule has 0 aliphatic carbocycles. The Kier molecular flexibility index (Phi) is 8.62. The number of imide groups is 1. The third-order valence-corrected chi connectivity index (χ3v) is 6.99. The maximum absolute atomic E-state index is 13.4. The minimum absolute atomic E-state index is 0.0277. The molecule has 0 radical (unpaired) electrons. The largest absolute Gasteiger partial charge is 0.493 e. The van der Waals surface area contributed by atoms with Crippen molar-refractivity contribution in [3.8, 4) is 11.5 Å². The fourth-order valence-corrected chi connectivity index (χ4v) is 4.76. The number of carbonyl (C=O) groups excluding carboxylic acids is 3. The van der Waals surface area contributed by atoms with Gasteiger partial charge in [-0.3, -0.25) is 29.4 Å². The van der Waals surface area contributed by atoms with Crippen molar-refractivity contribution in [2.45, 2.75) is 6.61 Å². The van der Waals surface area contributed by atoms with Crippen LogP contribution in [0.1, 0.15) is 11.1 Å². The van der Waals surface area contributed by atoms with Crippen molar-refractivity contribution in [2.24, 2.45) is 0 Å². The van der Waals surface area contributed by atoms with Crippen LogP contribution in [0.2, 0.25) is 0 Å². The number of nitrogens with zero attached hydrogens (tertiary/aromatic N) is 2. The lowest BCUT2D eigenvalue weighted by molar-refractivity contribution is -0.384. The van der Waals surface area contributed by atoms with Gasteiger partial charge in [-0.05, 0) is 71.4 Å². The van der Waals surface area contributed by atoms with Crippen LogP contribution in [0.3, 0.4) is 0 Å². The summed E-state index contributed by atoms with van der Waals surface area (Å²) in [5.74, 6) is -1.11. The normalized spacial score (nSPS) is 14.0. The van der Waals surface area contributed by atoms with E-state index in [0.29, 0.717) is 38.9 Å². The Morgan fingerprint density at radius 2 is 1.90 bits per heavy atom.